The highest BCUT2D eigenvalue weighted by molar-refractivity contribution is 6.61. The average Bonchev–Trinajstić information content (AvgIpc) is 2.68. The van der Waals surface area contributed by atoms with Crippen LogP contribution in [0, 0.1) is 5.92 Å². The Morgan fingerprint density at radius 3 is 2.30 bits per heavy atom. The Morgan fingerprint density at radius 1 is 1.04 bits per heavy atom. The molecule has 0 aliphatic heterocycles. The Bertz CT molecular complexity index is 858. The molecule has 1 aliphatic carbocycles. The van der Waals surface area contributed by atoms with Gasteiger partial charge >= 0.3 is 31.7 Å². The van der Waals surface area contributed by atoms with E-state index in [-0.39, 0.29) is 11.8 Å². The van der Waals surface area contributed by atoms with Crippen LogP contribution >= 0.6 is 0 Å². The molecule has 3 rings (SSSR count). The molecular formula is C21H25Al2N3O. The van der Waals surface area contributed by atoms with E-state index in [0.717, 1.165) is 30.6 Å². The van der Waals surface area contributed by atoms with E-state index in [1.54, 1.807) is 0 Å². The quantitative estimate of drug-likeness (QED) is 0.510. The Labute approximate surface area is 175 Å². The van der Waals surface area contributed by atoms with Gasteiger partial charge in [0.15, 0.2) is 0 Å². The minimum absolute atomic E-state index is 0.0369. The maximum atomic E-state index is 12.3. The van der Waals surface area contributed by atoms with Crippen molar-refractivity contribution < 1.29 is 4.79 Å². The van der Waals surface area contributed by atoms with Crippen LogP contribution in [0.15, 0.2) is 70.7 Å². The monoisotopic (exact) mass is 389 g/mol. The van der Waals surface area contributed by atoms with Crippen molar-refractivity contribution in [3.8, 4) is 0 Å². The number of nitrogens with two attached hydrogens (primary N) is 2. The van der Waals surface area contributed by atoms with Crippen LogP contribution in [0.3, 0.4) is 0 Å². The van der Waals surface area contributed by atoms with Gasteiger partial charge in [0, 0.05) is 11.4 Å². The molecule has 0 fully saturated rings. The van der Waals surface area contributed by atoms with Gasteiger partial charge in [0.25, 0.3) is 0 Å². The van der Waals surface area contributed by atoms with Crippen LogP contribution < -0.4 is 20.2 Å². The first kappa shape index (κ1) is 19.8. The van der Waals surface area contributed by atoms with E-state index in [9.17, 15) is 4.79 Å². The number of anilines is 2. The van der Waals surface area contributed by atoms with Gasteiger partial charge in [-0.05, 0) is 49.1 Å². The van der Waals surface area contributed by atoms with Crippen molar-refractivity contribution >= 4 is 53.4 Å². The number of nitrogens with one attached hydrogen (secondary N) is 1. The molecule has 0 saturated heterocycles. The number of nitrogen functional groups attached to an aromatic ring is 2. The summed E-state index contributed by atoms with van der Waals surface area (Å²) < 4.78 is 5.63. The number of hydrogen-bond acceptors (Lipinski definition) is 3. The summed E-state index contributed by atoms with van der Waals surface area (Å²) in [6, 6.07) is 16.2. The van der Waals surface area contributed by atoms with Gasteiger partial charge in [0.1, 0.15) is 0 Å². The topological polar surface area (TPSA) is 81.1 Å². The Morgan fingerprint density at radius 2 is 1.67 bits per heavy atom. The third-order valence-electron chi connectivity index (χ3n) is 4.97. The highest BCUT2D eigenvalue weighted by Crippen LogP contribution is 2.26. The van der Waals surface area contributed by atoms with Crippen molar-refractivity contribution in [1.29, 1.82) is 0 Å². The van der Waals surface area contributed by atoms with Crippen LogP contribution in [-0.2, 0) is 11.2 Å². The highest BCUT2D eigenvalue weighted by Gasteiger charge is 2.21. The molecule has 2 aromatic rings. The van der Waals surface area contributed by atoms with Gasteiger partial charge in [-0.25, -0.2) is 0 Å². The number of carbonyl (C=O) groups excluding carboxylic acids is 1. The maximum Gasteiger partial charge on any atom is 0.364 e. The third kappa shape index (κ3) is 5.76. The number of hydrogen-bond donors (Lipinski definition) is 3. The molecule has 136 valence electrons. The minimum Gasteiger partial charge on any atom is -0.452 e. The molecule has 4 nitrogen and oxygen atoms in total. The molecule has 0 heterocycles. The predicted octanol–water partition coefficient (Wildman–Crippen LogP) is 1.04. The van der Waals surface area contributed by atoms with E-state index < -0.39 is 15.2 Å². The molecule has 0 saturated carbocycles. The van der Waals surface area contributed by atoms with E-state index in [0.29, 0.717) is 16.5 Å². The summed E-state index contributed by atoms with van der Waals surface area (Å²) in [7, 11) is 0. The number of allylic oxidation sites excluding steroid dienone is 3. The smallest absolute Gasteiger partial charge is 0.364 e. The lowest BCUT2D eigenvalue weighted by Gasteiger charge is -2.21. The van der Waals surface area contributed by atoms with E-state index in [1.165, 1.54) is 20.0 Å². The van der Waals surface area contributed by atoms with Crippen molar-refractivity contribution in [2.24, 2.45) is 5.92 Å². The molecule has 0 aromatic heterocycles. The molecule has 0 spiro atoms. The molecule has 0 radical (unpaired) electrons. The lowest BCUT2D eigenvalue weighted by Crippen LogP contribution is -2.30. The third-order valence-corrected chi connectivity index (χ3v) is 7.19. The summed E-state index contributed by atoms with van der Waals surface area (Å²) in [6.45, 7) is 0. The van der Waals surface area contributed by atoms with Gasteiger partial charge in [-0.3, -0.25) is 4.79 Å². The van der Waals surface area contributed by atoms with E-state index in [2.05, 4.69) is 40.7 Å². The van der Waals surface area contributed by atoms with Gasteiger partial charge in [0.2, 0.25) is 5.91 Å². The standard InChI is InChI=1S/C15H17N2O.C6H6N.2Al.3H/c16-14-8-6-11(7-9-14)4-5-12-2-1-3-13(10-12)15(17)18;7-6-4-2-1-3-5-6;;;;;/h2-3,6-9,13H,4-5,10,16H2,(H2,17,18);2-5H,7H2;;;;;/q;;;+1;;;/p-1. The predicted molar refractivity (Wildman–Crippen MR) is 118 cm³/mol. The zero-order chi connectivity index (χ0) is 19.2. The summed E-state index contributed by atoms with van der Waals surface area (Å²) in [5, 5.41) is 0. The summed E-state index contributed by atoms with van der Waals surface area (Å²) in [5.41, 5.74) is 15.8. The summed E-state index contributed by atoms with van der Waals surface area (Å²) in [5.74, 6) is 0.119. The second-order valence-electron chi connectivity index (χ2n) is 7.13. The molecule has 1 amide bonds. The largest absolute Gasteiger partial charge is 0.452 e. The van der Waals surface area contributed by atoms with Crippen molar-refractivity contribution in [1.82, 2.24) is 4.30 Å². The van der Waals surface area contributed by atoms with Crippen molar-refractivity contribution in [3.05, 3.63) is 76.3 Å². The van der Waals surface area contributed by atoms with Gasteiger partial charge in [-0.1, -0.05) is 42.0 Å². The van der Waals surface area contributed by atoms with Crippen LogP contribution in [0.5, 0.6) is 0 Å². The zero-order valence-corrected chi connectivity index (χ0v) is 19.2. The molecular weight excluding hydrogens is 364 g/mol. The second-order valence-corrected chi connectivity index (χ2v) is 9.62. The number of rotatable bonds is 6. The van der Waals surface area contributed by atoms with Gasteiger partial charge in [0.05, 0.1) is 5.92 Å². The van der Waals surface area contributed by atoms with Crippen LogP contribution in [0.2, 0.25) is 0 Å². The highest BCUT2D eigenvalue weighted by atomic mass is 27.1. The Hall–Kier alpha value is -1.95. The lowest BCUT2D eigenvalue weighted by molar-refractivity contribution is -0.121. The molecule has 0 bridgehead atoms. The van der Waals surface area contributed by atoms with Crippen LogP contribution in [-0.4, -0.2) is 37.6 Å². The fourth-order valence-electron chi connectivity index (χ4n) is 3.47. The van der Waals surface area contributed by atoms with Gasteiger partial charge in [-0.2, -0.15) is 0 Å². The first-order chi connectivity index (χ1) is 13.0. The van der Waals surface area contributed by atoms with Crippen molar-refractivity contribution in [2.45, 2.75) is 19.3 Å². The fraction of sp³-hybridized carbons (Fsp3) is 0.190. The van der Waals surface area contributed by atoms with Crippen LogP contribution in [0.1, 0.15) is 18.4 Å². The number of carbonyl (C=O) groups is 1. The van der Waals surface area contributed by atoms with Gasteiger partial charge < -0.3 is 15.8 Å². The Balaban J connectivity index is 1.74. The van der Waals surface area contributed by atoms with Crippen LogP contribution in [0.4, 0.5) is 11.4 Å². The molecule has 27 heavy (non-hydrogen) atoms. The molecule has 6 heteroatoms. The number of amides is 1. The van der Waals surface area contributed by atoms with Crippen molar-refractivity contribution in [2.75, 3.05) is 11.5 Å². The van der Waals surface area contributed by atoms with Crippen LogP contribution in [0.25, 0.3) is 0 Å². The van der Waals surface area contributed by atoms with Crippen molar-refractivity contribution in [3.63, 3.8) is 0 Å². The summed E-state index contributed by atoms with van der Waals surface area (Å²) in [4.78, 5) is 12.3. The molecule has 1 unspecified atom stereocenters. The molecule has 1 aliphatic rings. The zero-order valence-electron chi connectivity index (χ0n) is 15.7. The SMILES string of the molecule is Nc1ccc(CCC2=C[C]([AlH][c]3ccc(N)cc3)=CC(C(=O)[NH][AlH2])C2)cc1. The number of benzene rings is 2. The lowest BCUT2D eigenvalue weighted by atomic mass is 9.90. The number of aryl methyl sites for hydroxylation is 1. The fourth-order valence-corrected chi connectivity index (χ4v) is 5.57. The normalized spacial score (nSPS) is 16.2. The summed E-state index contributed by atoms with van der Waals surface area (Å²) in [6.07, 6.45) is 7.28. The second kappa shape index (κ2) is 9.31. The average molecular weight is 389 g/mol. The van der Waals surface area contributed by atoms with Gasteiger partial charge in [-0.15, -0.1) is 8.86 Å². The first-order valence-electron chi connectivity index (χ1n) is 9.34. The van der Waals surface area contributed by atoms with E-state index in [1.807, 2.05) is 24.3 Å². The van der Waals surface area contributed by atoms with E-state index in [4.69, 9.17) is 11.5 Å². The molecule has 2 aromatic carbocycles. The molecule has 5 N–H and O–H groups in total. The Kier molecular flexibility index (Phi) is 6.83. The molecule has 1 atom stereocenters. The maximum absolute atomic E-state index is 12.3. The first-order valence-corrected chi connectivity index (χ1v) is 11.8. The summed E-state index contributed by atoms with van der Waals surface area (Å²) >= 11 is 0.0705. The minimum atomic E-state index is -0.618. The van der Waals surface area contributed by atoms with E-state index >= 15 is 0 Å².